The van der Waals surface area contributed by atoms with Crippen molar-refractivity contribution >= 4 is 21.8 Å². The predicted octanol–water partition coefficient (Wildman–Crippen LogP) is 2.59. The molecule has 1 saturated heterocycles. The first-order chi connectivity index (χ1) is 14.8. The lowest BCUT2D eigenvalue weighted by atomic mass is 10.1. The summed E-state index contributed by atoms with van der Waals surface area (Å²) in [5, 5.41) is 0. The molecular formula is C22H25NO7S. The average Bonchev–Trinajstić information content (AvgIpc) is 3.32. The maximum atomic E-state index is 12.5. The number of aryl methyl sites for hydroxylation is 1. The molecule has 3 rings (SSSR count). The zero-order valence-corrected chi connectivity index (χ0v) is 18.3. The molecule has 2 aromatic rings. The summed E-state index contributed by atoms with van der Waals surface area (Å²) >= 11 is 0. The summed E-state index contributed by atoms with van der Waals surface area (Å²) in [7, 11) is -2.04. The van der Waals surface area contributed by atoms with E-state index in [-0.39, 0.29) is 17.1 Å². The summed E-state index contributed by atoms with van der Waals surface area (Å²) < 4.78 is 42.1. The molecule has 0 N–H and O–H groups in total. The number of carbonyl (C=O) groups excluding carboxylic acids is 2. The molecule has 0 amide bonds. The van der Waals surface area contributed by atoms with Gasteiger partial charge in [0.15, 0.2) is 30.5 Å². The summed E-state index contributed by atoms with van der Waals surface area (Å²) in [4.78, 5) is 24.3. The van der Waals surface area contributed by atoms with E-state index < -0.39 is 28.4 Å². The summed E-state index contributed by atoms with van der Waals surface area (Å²) in [6, 6.07) is 10.9. The van der Waals surface area contributed by atoms with Crippen LogP contribution < -0.4 is 9.47 Å². The van der Waals surface area contributed by atoms with E-state index in [2.05, 4.69) is 0 Å². The van der Waals surface area contributed by atoms with Gasteiger partial charge in [0.1, 0.15) is 0 Å². The Hall–Kier alpha value is -2.91. The van der Waals surface area contributed by atoms with Crippen LogP contribution in [-0.4, -0.2) is 57.9 Å². The standard InChI is InChI=1S/C22H25NO7S/c1-16-5-10-20(21(13-16)28-2)29-15-22(25)30-14-19(24)17-6-8-18(9-7-17)31(26,27)23-11-3-4-12-23/h5-10,13H,3-4,11-12,14-15H2,1-2H3. The lowest BCUT2D eigenvalue weighted by Gasteiger charge is -2.15. The number of Topliss-reactive ketones (excluding diaryl/α,β-unsaturated/α-hetero) is 1. The molecule has 2 aromatic carbocycles. The third-order valence-corrected chi connectivity index (χ3v) is 6.82. The van der Waals surface area contributed by atoms with Crippen molar-refractivity contribution in [3.05, 3.63) is 53.6 Å². The van der Waals surface area contributed by atoms with Crippen LogP contribution in [0.15, 0.2) is 47.4 Å². The fourth-order valence-corrected chi connectivity index (χ4v) is 4.71. The normalized spacial score (nSPS) is 14.3. The number of ether oxygens (including phenoxy) is 3. The quantitative estimate of drug-likeness (QED) is 0.430. The van der Waals surface area contributed by atoms with Gasteiger partial charge in [0.05, 0.1) is 12.0 Å². The molecule has 1 aliphatic heterocycles. The number of benzene rings is 2. The van der Waals surface area contributed by atoms with Crippen molar-refractivity contribution in [3.8, 4) is 11.5 Å². The van der Waals surface area contributed by atoms with Gasteiger partial charge in [-0.05, 0) is 61.7 Å². The van der Waals surface area contributed by atoms with E-state index in [4.69, 9.17) is 14.2 Å². The second-order valence-electron chi connectivity index (χ2n) is 7.16. The molecular weight excluding hydrogens is 422 g/mol. The number of nitrogens with zero attached hydrogens (tertiary/aromatic N) is 1. The second-order valence-corrected chi connectivity index (χ2v) is 9.10. The smallest absolute Gasteiger partial charge is 0.344 e. The number of methoxy groups -OCH3 is 1. The van der Waals surface area contributed by atoms with E-state index in [1.54, 1.807) is 12.1 Å². The van der Waals surface area contributed by atoms with Crippen LogP contribution in [0.5, 0.6) is 11.5 Å². The van der Waals surface area contributed by atoms with E-state index in [0.29, 0.717) is 24.6 Å². The Bertz CT molecular complexity index is 1040. The van der Waals surface area contributed by atoms with Gasteiger partial charge >= 0.3 is 5.97 Å². The van der Waals surface area contributed by atoms with Gasteiger partial charge in [0, 0.05) is 18.7 Å². The van der Waals surface area contributed by atoms with E-state index >= 15 is 0 Å². The number of ketones is 1. The Morgan fingerprint density at radius 3 is 2.29 bits per heavy atom. The molecule has 0 bridgehead atoms. The van der Waals surface area contributed by atoms with Gasteiger partial charge in [-0.3, -0.25) is 4.79 Å². The summed E-state index contributed by atoms with van der Waals surface area (Å²) in [5.74, 6) is -0.255. The van der Waals surface area contributed by atoms with Crippen LogP contribution in [0.25, 0.3) is 0 Å². The highest BCUT2D eigenvalue weighted by Crippen LogP contribution is 2.27. The topological polar surface area (TPSA) is 99.2 Å². The van der Waals surface area contributed by atoms with Crippen LogP contribution in [0.3, 0.4) is 0 Å². The lowest BCUT2D eigenvalue weighted by Crippen LogP contribution is -2.27. The number of sulfonamides is 1. The number of hydrogen-bond donors (Lipinski definition) is 0. The van der Waals surface area contributed by atoms with Crippen LogP contribution >= 0.6 is 0 Å². The maximum absolute atomic E-state index is 12.5. The first-order valence-corrected chi connectivity index (χ1v) is 11.3. The molecule has 1 fully saturated rings. The maximum Gasteiger partial charge on any atom is 0.344 e. The van der Waals surface area contributed by atoms with E-state index in [9.17, 15) is 18.0 Å². The Kier molecular flexibility index (Phi) is 7.29. The minimum atomic E-state index is -3.54. The van der Waals surface area contributed by atoms with Gasteiger partial charge in [-0.25, -0.2) is 13.2 Å². The third kappa shape index (κ3) is 5.62. The van der Waals surface area contributed by atoms with Gasteiger partial charge < -0.3 is 14.2 Å². The SMILES string of the molecule is COc1cc(C)ccc1OCC(=O)OCC(=O)c1ccc(S(=O)(=O)N2CCCC2)cc1. The van der Waals surface area contributed by atoms with E-state index in [1.807, 2.05) is 13.0 Å². The molecule has 166 valence electrons. The van der Waals surface area contributed by atoms with Crippen LogP contribution in [0.1, 0.15) is 28.8 Å². The minimum absolute atomic E-state index is 0.142. The fourth-order valence-electron chi connectivity index (χ4n) is 3.19. The van der Waals surface area contributed by atoms with E-state index in [0.717, 1.165) is 18.4 Å². The molecule has 0 radical (unpaired) electrons. The van der Waals surface area contributed by atoms with Crippen LogP contribution in [0.2, 0.25) is 0 Å². The summed E-state index contributed by atoms with van der Waals surface area (Å²) in [5.41, 5.74) is 1.24. The van der Waals surface area contributed by atoms with Crippen molar-refractivity contribution < 1.29 is 32.2 Å². The molecule has 0 unspecified atom stereocenters. The zero-order valence-electron chi connectivity index (χ0n) is 17.5. The Morgan fingerprint density at radius 1 is 0.968 bits per heavy atom. The van der Waals surface area contributed by atoms with Gasteiger partial charge in [0.25, 0.3) is 0 Å². The Morgan fingerprint density at radius 2 is 1.65 bits per heavy atom. The van der Waals surface area contributed by atoms with Crippen LogP contribution in [-0.2, 0) is 19.6 Å². The highest BCUT2D eigenvalue weighted by atomic mass is 32.2. The van der Waals surface area contributed by atoms with Crippen molar-refractivity contribution in [2.45, 2.75) is 24.7 Å². The largest absolute Gasteiger partial charge is 0.493 e. The van der Waals surface area contributed by atoms with Crippen LogP contribution in [0, 0.1) is 6.92 Å². The van der Waals surface area contributed by atoms with Gasteiger partial charge in [-0.1, -0.05) is 6.07 Å². The average molecular weight is 448 g/mol. The third-order valence-electron chi connectivity index (χ3n) is 4.91. The van der Waals surface area contributed by atoms with E-state index in [1.165, 1.54) is 35.7 Å². The van der Waals surface area contributed by atoms with Crippen molar-refractivity contribution in [3.63, 3.8) is 0 Å². The van der Waals surface area contributed by atoms with Gasteiger partial charge in [-0.15, -0.1) is 0 Å². The monoisotopic (exact) mass is 447 g/mol. The zero-order chi connectivity index (χ0) is 22.4. The number of hydrogen-bond acceptors (Lipinski definition) is 7. The molecule has 31 heavy (non-hydrogen) atoms. The molecule has 0 spiro atoms. The Balaban J connectivity index is 1.52. The summed E-state index contributed by atoms with van der Waals surface area (Å²) in [6.45, 7) is 2.08. The molecule has 0 aromatic heterocycles. The predicted molar refractivity (Wildman–Crippen MR) is 113 cm³/mol. The van der Waals surface area contributed by atoms with Crippen molar-refractivity contribution in [1.29, 1.82) is 0 Å². The number of esters is 1. The number of rotatable bonds is 9. The van der Waals surface area contributed by atoms with Crippen molar-refractivity contribution in [2.75, 3.05) is 33.4 Å². The van der Waals surface area contributed by atoms with Crippen LogP contribution in [0.4, 0.5) is 0 Å². The molecule has 1 heterocycles. The highest BCUT2D eigenvalue weighted by Gasteiger charge is 2.27. The first kappa shape index (κ1) is 22.8. The molecule has 1 aliphatic rings. The minimum Gasteiger partial charge on any atom is -0.493 e. The molecule has 0 saturated carbocycles. The fraction of sp³-hybridized carbons (Fsp3) is 0.364. The lowest BCUT2D eigenvalue weighted by molar-refractivity contribution is -0.144. The molecule has 0 aliphatic carbocycles. The van der Waals surface area contributed by atoms with Crippen molar-refractivity contribution in [1.82, 2.24) is 4.31 Å². The first-order valence-electron chi connectivity index (χ1n) is 9.88. The van der Waals surface area contributed by atoms with Gasteiger partial charge in [0.2, 0.25) is 10.0 Å². The summed E-state index contributed by atoms with van der Waals surface area (Å²) in [6.07, 6.45) is 1.70. The number of carbonyl (C=O) groups is 2. The highest BCUT2D eigenvalue weighted by molar-refractivity contribution is 7.89. The molecule has 8 nitrogen and oxygen atoms in total. The van der Waals surface area contributed by atoms with Gasteiger partial charge in [-0.2, -0.15) is 4.31 Å². The second kappa shape index (κ2) is 9.93. The molecule has 0 atom stereocenters. The Labute approximate surface area is 181 Å². The van der Waals surface area contributed by atoms with Crippen molar-refractivity contribution in [2.24, 2.45) is 0 Å². The molecule has 9 heteroatoms.